The van der Waals surface area contributed by atoms with Crippen molar-refractivity contribution in [2.45, 2.75) is 13.0 Å². The van der Waals surface area contributed by atoms with Gasteiger partial charge in [-0.15, -0.1) is 5.10 Å². The van der Waals surface area contributed by atoms with Gasteiger partial charge in [0.05, 0.1) is 11.0 Å². The molecule has 0 aliphatic carbocycles. The van der Waals surface area contributed by atoms with Crippen molar-refractivity contribution < 1.29 is 0 Å². The van der Waals surface area contributed by atoms with Gasteiger partial charge in [-0.3, -0.25) is 0 Å². The Hall–Kier alpha value is -1.95. The SMILES string of the molecule is CC(N)c1cccc2[nH]c(=NN)n(N)c12. The molecule has 0 radical (unpaired) electrons. The lowest BCUT2D eigenvalue weighted by Gasteiger charge is -2.07. The minimum absolute atomic E-state index is 0.0927. The van der Waals surface area contributed by atoms with Gasteiger partial charge in [-0.05, 0) is 18.6 Å². The Kier molecular flexibility index (Phi) is 2.12. The normalized spacial score (nSPS) is 14.7. The van der Waals surface area contributed by atoms with Crippen molar-refractivity contribution in [2.75, 3.05) is 5.84 Å². The topological polar surface area (TPSA) is 111 Å². The molecule has 1 aromatic carbocycles. The third-order valence-electron chi connectivity index (χ3n) is 2.40. The Bertz CT molecular complexity index is 547. The number of nitrogen functional groups attached to an aromatic ring is 1. The average molecular weight is 206 g/mol. The summed E-state index contributed by atoms with van der Waals surface area (Å²) in [5.41, 5.74) is 8.93. The molecule has 1 atom stereocenters. The monoisotopic (exact) mass is 206 g/mol. The standard InChI is InChI=1S/C9H14N6/c1-5(10)6-3-2-4-7-8(6)15(12)9(13-7)14-11/h2-5H,10-12H2,1H3,(H,13,14). The maximum absolute atomic E-state index is 5.85. The molecule has 2 aromatic rings. The zero-order valence-electron chi connectivity index (χ0n) is 8.44. The van der Waals surface area contributed by atoms with E-state index in [2.05, 4.69) is 10.1 Å². The van der Waals surface area contributed by atoms with Gasteiger partial charge >= 0.3 is 0 Å². The molecule has 1 unspecified atom stereocenters. The first-order valence-corrected chi connectivity index (χ1v) is 4.63. The Labute approximate surface area is 86.3 Å². The number of nitrogens with two attached hydrogens (primary N) is 3. The fraction of sp³-hybridized carbons (Fsp3) is 0.222. The van der Waals surface area contributed by atoms with Crippen LogP contribution >= 0.6 is 0 Å². The maximum Gasteiger partial charge on any atom is 0.243 e. The van der Waals surface area contributed by atoms with Crippen molar-refractivity contribution in [1.29, 1.82) is 0 Å². The van der Waals surface area contributed by atoms with E-state index in [4.69, 9.17) is 17.4 Å². The highest BCUT2D eigenvalue weighted by Crippen LogP contribution is 2.19. The summed E-state index contributed by atoms with van der Waals surface area (Å²) in [5.74, 6) is 11.0. The van der Waals surface area contributed by atoms with Crippen LogP contribution in [0, 0.1) is 0 Å². The number of nitrogens with one attached hydrogen (secondary N) is 1. The predicted octanol–water partition coefficient (Wildman–Crippen LogP) is -0.523. The first kappa shape index (κ1) is 9.60. The predicted molar refractivity (Wildman–Crippen MR) is 58.8 cm³/mol. The second kappa shape index (κ2) is 3.32. The summed E-state index contributed by atoms with van der Waals surface area (Å²) in [5, 5.41) is 3.55. The van der Waals surface area contributed by atoms with Crippen LogP contribution in [0.15, 0.2) is 23.3 Å². The van der Waals surface area contributed by atoms with Gasteiger partial charge in [0.1, 0.15) is 0 Å². The minimum atomic E-state index is -0.0927. The van der Waals surface area contributed by atoms with Crippen LogP contribution in [0.5, 0.6) is 0 Å². The van der Waals surface area contributed by atoms with E-state index in [1.165, 1.54) is 4.68 Å². The molecule has 6 nitrogen and oxygen atoms in total. The summed E-state index contributed by atoms with van der Waals surface area (Å²) < 4.78 is 1.41. The van der Waals surface area contributed by atoms with Crippen LogP contribution in [-0.2, 0) is 0 Å². The van der Waals surface area contributed by atoms with E-state index < -0.39 is 0 Å². The highest BCUT2D eigenvalue weighted by Gasteiger charge is 2.10. The van der Waals surface area contributed by atoms with Gasteiger partial charge in [0.25, 0.3) is 0 Å². The Morgan fingerprint density at radius 1 is 1.47 bits per heavy atom. The quantitative estimate of drug-likeness (QED) is 0.372. The van der Waals surface area contributed by atoms with Gasteiger partial charge < -0.3 is 22.4 Å². The number of hydrogen-bond donors (Lipinski definition) is 4. The number of imidazole rings is 1. The molecule has 0 amide bonds. The largest absolute Gasteiger partial charge is 0.336 e. The second-order valence-electron chi connectivity index (χ2n) is 3.48. The molecule has 0 saturated heterocycles. The van der Waals surface area contributed by atoms with E-state index in [-0.39, 0.29) is 6.04 Å². The van der Waals surface area contributed by atoms with E-state index in [9.17, 15) is 0 Å². The summed E-state index contributed by atoms with van der Waals surface area (Å²) in [7, 11) is 0. The van der Waals surface area contributed by atoms with Crippen LogP contribution in [0.3, 0.4) is 0 Å². The zero-order valence-corrected chi connectivity index (χ0v) is 8.44. The van der Waals surface area contributed by atoms with Crippen LogP contribution in [0.25, 0.3) is 11.0 Å². The summed E-state index contributed by atoms with van der Waals surface area (Å²) in [6, 6.07) is 5.66. The molecule has 80 valence electrons. The molecular weight excluding hydrogens is 192 g/mol. The summed E-state index contributed by atoms with van der Waals surface area (Å²) in [6.45, 7) is 1.90. The molecule has 1 heterocycles. The second-order valence-corrected chi connectivity index (χ2v) is 3.48. The molecule has 15 heavy (non-hydrogen) atoms. The van der Waals surface area contributed by atoms with Crippen LogP contribution in [0.4, 0.5) is 0 Å². The van der Waals surface area contributed by atoms with E-state index in [0.717, 1.165) is 16.6 Å². The molecule has 1 aromatic heterocycles. The lowest BCUT2D eigenvalue weighted by Crippen LogP contribution is -2.27. The third-order valence-corrected chi connectivity index (χ3v) is 2.40. The van der Waals surface area contributed by atoms with Crippen molar-refractivity contribution in [1.82, 2.24) is 9.66 Å². The van der Waals surface area contributed by atoms with Crippen LogP contribution in [0.2, 0.25) is 0 Å². The molecule has 7 N–H and O–H groups in total. The van der Waals surface area contributed by atoms with Crippen molar-refractivity contribution >= 4 is 11.0 Å². The molecular formula is C9H14N6. The number of nitrogens with zero attached hydrogens (tertiary/aromatic N) is 2. The Morgan fingerprint density at radius 2 is 2.20 bits per heavy atom. The number of para-hydroxylation sites is 1. The fourth-order valence-corrected chi connectivity index (χ4v) is 1.68. The number of fused-ring (bicyclic) bond motifs is 1. The van der Waals surface area contributed by atoms with Crippen LogP contribution < -0.4 is 23.0 Å². The first-order chi connectivity index (χ1) is 7.15. The Balaban J connectivity index is 2.91. The molecule has 0 aliphatic heterocycles. The van der Waals surface area contributed by atoms with Gasteiger partial charge in [0.2, 0.25) is 5.62 Å². The molecule has 0 fully saturated rings. The number of H-pyrrole nitrogens is 1. The summed E-state index contributed by atoms with van der Waals surface area (Å²) in [6.07, 6.45) is 0. The highest BCUT2D eigenvalue weighted by molar-refractivity contribution is 5.79. The number of benzene rings is 1. The molecule has 0 aliphatic rings. The van der Waals surface area contributed by atoms with Crippen LogP contribution in [0.1, 0.15) is 18.5 Å². The van der Waals surface area contributed by atoms with Crippen molar-refractivity contribution in [3.8, 4) is 0 Å². The maximum atomic E-state index is 5.85. The zero-order chi connectivity index (χ0) is 11.0. The van der Waals surface area contributed by atoms with Gasteiger partial charge in [0.15, 0.2) is 0 Å². The average Bonchev–Trinajstić information content (AvgIpc) is 2.55. The van der Waals surface area contributed by atoms with Gasteiger partial charge in [-0.25, -0.2) is 4.68 Å². The molecule has 0 spiro atoms. The van der Waals surface area contributed by atoms with E-state index in [1.54, 1.807) is 0 Å². The van der Waals surface area contributed by atoms with E-state index in [0.29, 0.717) is 5.62 Å². The van der Waals surface area contributed by atoms with Gasteiger partial charge in [0, 0.05) is 6.04 Å². The lowest BCUT2D eigenvalue weighted by molar-refractivity contribution is 0.811. The highest BCUT2D eigenvalue weighted by atomic mass is 15.4. The number of hydrogen-bond acceptors (Lipinski definition) is 4. The van der Waals surface area contributed by atoms with E-state index >= 15 is 0 Å². The van der Waals surface area contributed by atoms with E-state index in [1.807, 2.05) is 25.1 Å². The summed E-state index contributed by atoms with van der Waals surface area (Å²) >= 11 is 0. The van der Waals surface area contributed by atoms with Crippen LogP contribution in [-0.4, -0.2) is 9.66 Å². The van der Waals surface area contributed by atoms with Gasteiger partial charge in [-0.1, -0.05) is 12.1 Å². The first-order valence-electron chi connectivity index (χ1n) is 4.63. The van der Waals surface area contributed by atoms with Crippen molar-refractivity contribution in [3.63, 3.8) is 0 Å². The number of rotatable bonds is 1. The number of aromatic nitrogens is 2. The van der Waals surface area contributed by atoms with Gasteiger partial charge in [-0.2, -0.15) is 0 Å². The number of aromatic amines is 1. The molecule has 2 rings (SSSR count). The third kappa shape index (κ3) is 1.35. The van der Waals surface area contributed by atoms with Crippen molar-refractivity contribution in [2.24, 2.45) is 16.7 Å². The lowest BCUT2D eigenvalue weighted by atomic mass is 10.1. The summed E-state index contributed by atoms with van der Waals surface area (Å²) in [4.78, 5) is 3.00. The molecule has 6 heteroatoms. The molecule has 0 saturated carbocycles. The van der Waals surface area contributed by atoms with Crippen molar-refractivity contribution in [3.05, 3.63) is 29.4 Å². The Morgan fingerprint density at radius 3 is 2.80 bits per heavy atom. The molecule has 0 bridgehead atoms. The smallest absolute Gasteiger partial charge is 0.243 e. The minimum Gasteiger partial charge on any atom is -0.336 e. The fourth-order valence-electron chi connectivity index (χ4n) is 1.68.